The Balaban J connectivity index is 0.976. The van der Waals surface area contributed by atoms with Gasteiger partial charge in [0.15, 0.2) is 5.82 Å². The Bertz CT molecular complexity index is 3020. The molecule has 0 saturated heterocycles. The van der Waals surface area contributed by atoms with Crippen LogP contribution in [-0.2, 0) is 10.8 Å². The van der Waals surface area contributed by atoms with Gasteiger partial charge in [0.25, 0.3) is 0 Å². The molecule has 1 spiro atoms. The minimum atomic E-state index is -0.0753. The summed E-state index contributed by atoms with van der Waals surface area (Å²) in [6, 6.07) is 63.2. The van der Waals surface area contributed by atoms with Gasteiger partial charge in [0.1, 0.15) is 0 Å². The van der Waals surface area contributed by atoms with Gasteiger partial charge in [0.05, 0.1) is 11.4 Å². The summed E-state index contributed by atoms with van der Waals surface area (Å²) in [5.41, 5.74) is 21.9. The molecule has 2 nitrogen and oxygen atoms in total. The molecule has 61 heavy (non-hydrogen) atoms. The normalized spacial score (nSPS) is 23.1. The maximum Gasteiger partial charge on any atom is 0.160 e. The van der Waals surface area contributed by atoms with Crippen LogP contribution in [0.1, 0.15) is 68.2 Å². The van der Waals surface area contributed by atoms with Gasteiger partial charge in [0, 0.05) is 27.5 Å². The van der Waals surface area contributed by atoms with E-state index in [2.05, 4.69) is 184 Å². The Kier molecular flexibility index (Phi) is 7.58. The lowest BCUT2D eigenvalue weighted by atomic mass is 9.43. The minimum Gasteiger partial charge on any atom is -0.228 e. The van der Waals surface area contributed by atoms with Gasteiger partial charge in [-0.25, -0.2) is 9.97 Å². The van der Waals surface area contributed by atoms with E-state index < -0.39 is 0 Å². The second-order valence-electron chi connectivity index (χ2n) is 19.4. The Morgan fingerprint density at radius 3 is 1.64 bits per heavy atom. The molecule has 14 rings (SSSR count). The summed E-state index contributed by atoms with van der Waals surface area (Å²) in [5.74, 6) is 3.87. The zero-order valence-electron chi connectivity index (χ0n) is 34.9. The number of nitrogens with zero attached hydrogens (tertiary/aromatic N) is 2. The molecule has 0 atom stereocenters. The highest BCUT2D eigenvalue weighted by Crippen LogP contribution is 2.70. The topological polar surface area (TPSA) is 25.8 Å². The van der Waals surface area contributed by atoms with Gasteiger partial charge in [-0.05, 0) is 141 Å². The molecule has 6 aliphatic rings. The summed E-state index contributed by atoms with van der Waals surface area (Å²) in [5, 5.41) is 0. The second kappa shape index (κ2) is 13.1. The lowest BCUT2D eigenvalue weighted by Gasteiger charge is -2.61. The first-order valence-electron chi connectivity index (χ1n) is 22.6. The van der Waals surface area contributed by atoms with Crippen LogP contribution in [0.2, 0.25) is 0 Å². The predicted octanol–water partition coefficient (Wildman–Crippen LogP) is 14.8. The van der Waals surface area contributed by atoms with Crippen molar-refractivity contribution in [3.63, 3.8) is 0 Å². The van der Waals surface area contributed by atoms with Crippen LogP contribution in [0.3, 0.4) is 0 Å². The molecule has 0 amide bonds. The monoisotopic (exact) mass is 784 g/mol. The number of hydrogen-bond acceptors (Lipinski definition) is 2. The highest BCUT2D eigenvalue weighted by molar-refractivity contribution is 5.92. The standard InChI is InChI=1S/C59H48N2/c1-58(2)51-19-10-9-16-47(51)49-18-11-17-46(56(49)58)42-25-27-52-50(33-42)48-26-24-43(34-53(48)59(52)44-29-36-28-37(31-44)32-45(59)30-36)57-60-54(40-14-7-4-8-15-40)35-55(61-57)41-22-20-39(21-23-41)38-12-5-3-6-13-38/h3-27,33-37,44-45H,28-32H2,1-2H3. The average Bonchev–Trinajstić information content (AvgIpc) is 3.73. The van der Waals surface area contributed by atoms with Crippen molar-refractivity contribution in [3.05, 3.63) is 192 Å². The molecular formula is C59H48N2. The van der Waals surface area contributed by atoms with Gasteiger partial charge in [-0.2, -0.15) is 0 Å². The summed E-state index contributed by atoms with van der Waals surface area (Å²) >= 11 is 0. The fraction of sp³-hybridized carbons (Fsp3) is 0.220. The number of fused-ring (bicyclic) bond motifs is 6. The molecule has 1 heterocycles. The van der Waals surface area contributed by atoms with Gasteiger partial charge in [0.2, 0.25) is 0 Å². The molecule has 7 aromatic carbocycles. The summed E-state index contributed by atoms with van der Waals surface area (Å²) in [7, 11) is 0. The number of hydrogen-bond donors (Lipinski definition) is 0. The van der Waals surface area contributed by atoms with Crippen LogP contribution in [0.5, 0.6) is 0 Å². The van der Waals surface area contributed by atoms with E-state index in [9.17, 15) is 0 Å². The van der Waals surface area contributed by atoms with Crippen LogP contribution >= 0.6 is 0 Å². The Labute approximate surface area is 359 Å². The summed E-state index contributed by atoms with van der Waals surface area (Å²) < 4.78 is 0. The summed E-state index contributed by atoms with van der Waals surface area (Å²) in [6.07, 6.45) is 6.83. The molecule has 0 unspecified atom stereocenters. The van der Waals surface area contributed by atoms with E-state index in [1.165, 1.54) is 93.3 Å². The van der Waals surface area contributed by atoms with Crippen molar-refractivity contribution in [2.24, 2.45) is 23.7 Å². The molecule has 2 heteroatoms. The van der Waals surface area contributed by atoms with Crippen molar-refractivity contribution in [1.29, 1.82) is 0 Å². The maximum atomic E-state index is 5.41. The van der Waals surface area contributed by atoms with Crippen molar-refractivity contribution < 1.29 is 0 Å². The largest absolute Gasteiger partial charge is 0.228 e. The van der Waals surface area contributed by atoms with E-state index in [0.29, 0.717) is 11.8 Å². The zero-order valence-corrected chi connectivity index (χ0v) is 34.9. The third-order valence-electron chi connectivity index (χ3n) is 15.9. The minimum absolute atomic E-state index is 0.0217. The summed E-state index contributed by atoms with van der Waals surface area (Å²) in [6.45, 7) is 4.82. The van der Waals surface area contributed by atoms with Gasteiger partial charge in [-0.1, -0.05) is 166 Å². The third kappa shape index (κ3) is 5.15. The highest BCUT2D eigenvalue weighted by Gasteiger charge is 2.61. The SMILES string of the molecule is CC1(C)c2ccccc2-c2cccc(-c3ccc4c(c3)-c3ccc(-c5nc(-c6ccccc6)cc(-c6ccc(-c7ccccc7)cc6)n5)cc3C43C4CC5CC(C4)CC3C5)c21. The van der Waals surface area contributed by atoms with Gasteiger partial charge in [-0.15, -0.1) is 0 Å². The van der Waals surface area contributed by atoms with Crippen LogP contribution in [0.15, 0.2) is 170 Å². The van der Waals surface area contributed by atoms with Gasteiger partial charge < -0.3 is 0 Å². The van der Waals surface area contributed by atoms with Gasteiger partial charge >= 0.3 is 0 Å². The van der Waals surface area contributed by atoms with E-state index in [1.807, 2.05) is 0 Å². The molecule has 6 aliphatic carbocycles. The first-order chi connectivity index (χ1) is 29.9. The predicted molar refractivity (Wildman–Crippen MR) is 250 cm³/mol. The molecule has 0 aliphatic heterocycles. The number of aromatic nitrogens is 2. The lowest BCUT2D eigenvalue weighted by Crippen LogP contribution is -2.55. The Morgan fingerprint density at radius 2 is 0.918 bits per heavy atom. The van der Waals surface area contributed by atoms with Crippen LogP contribution in [0, 0.1) is 23.7 Å². The maximum absolute atomic E-state index is 5.41. The molecule has 4 fully saturated rings. The van der Waals surface area contributed by atoms with Crippen LogP contribution in [0.4, 0.5) is 0 Å². The van der Waals surface area contributed by atoms with Crippen molar-refractivity contribution >= 4 is 0 Å². The number of benzene rings is 7. The quantitative estimate of drug-likeness (QED) is 0.174. The van der Waals surface area contributed by atoms with Crippen molar-refractivity contribution in [1.82, 2.24) is 9.97 Å². The third-order valence-corrected chi connectivity index (χ3v) is 15.9. The second-order valence-corrected chi connectivity index (χ2v) is 19.4. The van der Waals surface area contributed by atoms with Crippen molar-refractivity contribution in [3.8, 4) is 78.4 Å². The van der Waals surface area contributed by atoms with Crippen LogP contribution in [-0.4, -0.2) is 9.97 Å². The molecule has 8 aromatic rings. The fourth-order valence-corrected chi connectivity index (χ4v) is 13.5. The Morgan fingerprint density at radius 1 is 0.377 bits per heavy atom. The van der Waals surface area contributed by atoms with Crippen LogP contribution in [0.25, 0.3) is 78.4 Å². The van der Waals surface area contributed by atoms with Gasteiger partial charge in [-0.3, -0.25) is 0 Å². The summed E-state index contributed by atoms with van der Waals surface area (Å²) in [4.78, 5) is 10.8. The van der Waals surface area contributed by atoms with E-state index in [4.69, 9.17) is 9.97 Å². The first-order valence-corrected chi connectivity index (χ1v) is 22.6. The zero-order chi connectivity index (χ0) is 40.5. The molecular weight excluding hydrogens is 737 g/mol. The number of rotatable bonds is 5. The highest BCUT2D eigenvalue weighted by atomic mass is 14.9. The smallest absolute Gasteiger partial charge is 0.160 e. The van der Waals surface area contributed by atoms with Crippen LogP contribution < -0.4 is 0 Å². The van der Waals surface area contributed by atoms with Crippen molar-refractivity contribution in [2.75, 3.05) is 0 Å². The molecule has 1 aromatic heterocycles. The molecule has 4 bridgehead atoms. The van der Waals surface area contributed by atoms with E-state index in [0.717, 1.165) is 45.7 Å². The molecule has 294 valence electrons. The lowest BCUT2D eigenvalue weighted by molar-refractivity contribution is -0.0399. The molecule has 4 saturated carbocycles. The van der Waals surface area contributed by atoms with E-state index in [-0.39, 0.29) is 10.8 Å². The van der Waals surface area contributed by atoms with E-state index >= 15 is 0 Å². The Hall–Kier alpha value is -6.38. The van der Waals surface area contributed by atoms with E-state index in [1.54, 1.807) is 5.56 Å². The fourth-order valence-electron chi connectivity index (χ4n) is 13.5. The molecule has 0 radical (unpaired) electrons. The average molecular weight is 785 g/mol. The first kappa shape index (κ1) is 35.4. The van der Waals surface area contributed by atoms with Crippen molar-refractivity contribution in [2.45, 2.75) is 56.8 Å². The molecule has 0 N–H and O–H groups in total.